The van der Waals surface area contributed by atoms with Crippen molar-refractivity contribution in [1.29, 1.82) is 0 Å². The molecule has 1 aromatic heterocycles. The van der Waals surface area contributed by atoms with Crippen molar-refractivity contribution in [1.82, 2.24) is 4.57 Å². The normalized spacial score (nSPS) is 20.3. The standard InChI is InChI=1S/C13H10N2/c1-4-8-14-13-10-11-6-2-3-7-12(11)15(13)9-5-1/h1-10H/b4-1-,9-5-,14-8-. The lowest BCUT2D eigenvalue weighted by molar-refractivity contribution is 1.20. The van der Waals surface area contributed by atoms with Gasteiger partial charge in [-0.25, -0.2) is 4.99 Å². The fourth-order valence-electron chi connectivity index (χ4n) is 1.79. The van der Waals surface area contributed by atoms with Crippen molar-refractivity contribution in [3.63, 3.8) is 0 Å². The van der Waals surface area contributed by atoms with Crippen LogP contribution in [0.2, 0.25) is 0 Å². The summed E-state index contributed by atoms with van der Waals surface area (Å²) in [5.74, 6) is 0.969. The van der Waals surface area contributed by atoms with Crippen LogP contribution in [0.3, 0.4) is 0 Å². The molecule has 2 nitrogen and oxygen atoms in total. The number of rotatable bonds is 0. The Balaban J connectivity index is 2.36. The van der Waals surface area contributed by atoms with Crippen molar-refractivity contribution in [3.05, 3.63) is 48.6 Å². The minimum atomic E-state index is 0.969. The molecular formula is C13H10N2. The molecule has 0 saturated carbocycles. The molecule has 0 unspecified atom stereocenters. The summed E-state index contributed by atoms with van der Waals surface area (Å²) in [5, 5.41) is 1.22. The number of aromatic nitrogens is 1. The largest absolute Gasteiger partial charge is 0.301 e. The predicted octanol–water partition coefficient (Wildman–Crippen LogP) is 3.38. The first-order valence-corrected chi connectivity index (χ1v) is 4.93. The number of benzene rings is 1. The Morgan fingerprint density at radius 1 is 1.00 bits per heavy atom. The molecule has 0 radical (unpaired) electrons. The molecule has 0 aliphatic carbocycles. The third-order valence-corrected chi connectivity index (χ3v) is 2.48. The molecule has 0 saturated heterocycles. The van der Waals surface area contributed by atoms with E-state index in [1.807, 2.05) is 42.8 Å². The number of allylic oxidation sites excluding steroid dienone is 3. The van der Waals surface area contributed by atoms with Gasteiger partial charge in [-0.05, 0) is 24.3 Å². The zero-order valence-corrected chi connectivity index (χ0v) is 8.17. The molecule has 2 heterocycles. The SMILES string of the molecule is C1=C\C=N/c2cc3ccccc3n2\C=C/1. The molecule has 2 aromatic rings. The van der Waals surface area contributed by atoms with Crippen LogP contribution in [0, 0.1) is 0 Å². The zero-order chi connectivity index (χ0) is 10.1. The average Bonchev–Trinajstić information content (AvgIpc) is 2.55. The number of hydrogen-bond donors (Lipinski definition) is 0. The maximum atomic E-state index is 4.38. The maximum Gasteiger partial charge on any atom is 0.137 e. The van der Waals surface area contributed by atoms with Gasteiger partial charge in [0, 0.05) is 17.8 Å². The molecule has 72 valence electrons. The fourth-order valence-corrected chi connectivity index (χ4v) is 1.79. The van der Waals surface area contributed by atoms with Gasteiger partial charge in [0.15, 0.2) is 0 Å². The molecule has 0 N–H and O–H groups in total. The first-order chi connectivity index (χ1) is 7.45. The second-order valence-electron chi connectivity index (χ2n) is 3.44. The molecule has 1 aliphatic rings. The molecule has 15 heavy (non-hydrogen) atoms. The molecule has 0 fully saturated rings. The molecule has 3 rings (SSSR count). The Hall–Kier alpha value is -2.09. The minimum Gasteiger partial charge on any atom is -0.301 e. The maximum absolute atomic E-state index is 4.38. The quantitative estimate of drug-likeness (QED) is 0.611. The van der Waals surface area contributed by atoms with Crippen LogP contribution < -0.4 is 0 Å². The van der Waals surface area contributed by atoms with Crippen molar-refractivity contribution < 1.29 is 0 Å². The van der Waals surface area contributed by atoms with Gasteiger partial charge in [0.1, 0.15) is 5.82 Å². The van der Waals surface area contributed by atoms with Crippen LogP contribution in [-0.4, -0.2) is 10.8 Å². The highest BCUT2D eigenvalue weighted by molar-refractivity contribution is 5.88. The molecular weight excluding hydrogens is 184 g/mol. The van der Waals surface area contributed by atoms with Crippen LogP contribution in [0.1, 0.15) is 0 Å². The highest BCUT2D eigenvalue weighted by atomic mass is 15.1. The second-order valence-corrected chi connectivity index (χ2v) is 3.44. The molecule has 0 bridgehead atoms. The monoisotopic (exact) mass is 194 g/mol. The number of fused-ring (bicyclic) bond motifs is 3. The van der Waals surface area contributed by atoms with Crippen molar-refractivity contribution >= 4 is 29.1 Å². The number of para-hydroxylation sites is 1. The van der Waals surface area contributed by atoms with Gasteiger partial charge in [-0.1, -0.05) is 24.3 Å². The lowest BCUT2D eigenvalue weighted by atomic mass is 10.2. The summed E-state index contributed by atoms with van der Waals surface area (Å²) in [7, 11) is 0. The third kappa shape index (κ3) is 1.31. The van der Waals surface area contributed by atoms with E-state index >= 15 is 0 Å². The molecule has 0 spiro atoms. The Labute approximate surface area is 87.9 Å². The topological polar surface area (TPSA) is 17.3 Å². The molecule has 0 atom stereocenters. The molecule has 1 aromatic carbocycles. The third-order valence-electron chi connectivity index (χ3n) is 2.48. The Kier molecular flexibility index (Phi) is 1.78. The summed E-state index contributed by atoms with van der Waals surface area (Å²) in [6.45, 7) is 0. The summed E-state index contributed by atoms with van der Waals surface area (Å²) < 4.78 is 2.09. The summed E-state index contributed by atoms with van der Waals surface area (Å²) >= 11 is 0. The Bertz CT molecular complexity index is 586. The summed E-state index contributed by atoms with van der Waals surface area (Å²) in [6, 6.07) is 10.4. The van der Waals surface area contributed by atoms with E-state index in [-0.39, 0.29) is 0 Å². The lowest BCUT2D eigenvalue weighted by Gasteiger charge is -2.01. The van der Waals surface area contributed by atoms with E-state index in [9.17, 15) is 0 Å². The van der Waals surface area contributed by atoms with Crippen LogP contribution in [-0.2, 0) is 0 Å². The lowest BCUT2D eigenvalue weighted by Crippen LogP contribution is -1.85. The Morgan fingerprint density at radius 3 is 2.93 bits per heavy atom. The summed E-state index contributed by atoms with van der Waals surface area (Å²) in [5.41, 5.74) is 1.19. The van der Waals surface area contributed by atoms with E-state index in [0.717, 1.165) is 5.82 Å². The second kappa shape index (κ2) is 3.24. The van der Waals surface area contributed by atoms with Crippen molar-refractivity contribution in [2.45, 2.75) is 0 Å². The molecule has 2 heteroatoms. The van der Waals surface area contributed by atoms with Gasteiger partial charge in [0.05, 0.1) is 5.52 Å². The highest BCUT2D eigenvalue weighted by Crippen LogP contribution is 2.26. The minimum absolute atomic E-state index is 0.969. The van der Waals surface area contributed by atoms with Crippen molar-refractivity contribution in [2.75, 3.05) is 0 Å². The first kappa shape index (κ1) is 8.24. The summed E-state index contributed by atoms with van der Waals surface area (Å²) in [4.78, 5) is 4.38. The predicted molar refractivity (Wildman–Crippen MR) is 64.6 cm³/mol. The van der Waals surface area contributed by atoms with Crippen LogP contribution in [0.5, 0.6) is 0 Å². The van der Waals surface area contributed by atoms with Gasteiger partial charge in [0.2, 0.25) is 0 Å². The van der Waals surface area contributed by atoms with Gasteiger partial charge in [0.25, 0.3) is 0 Å². The van der Waals surface area contributed by atoms with E-state index in [1.165, 1.54) is 10.9 Å². The average molecular weight is 194 g/mol. The van der Waals surface area contributed by atoms with Gasteiger partial charge in [-0.3, -0.25) is 0 Å². The van der Waals surface area contributed by atoms with Crippen LogP contribution >= 0.6 is 0 Å². The van der Waals surface area contributed by atoms with Crippen LogP contribution in [0.25, 0.3) is 17.1 Å². The highest BCUT2D eigenvalue weighted by Gasteiger charge is 2.04. The van der Waals surface area contributed by atoms with Gasteiger partial charge in [-0.15, -0.1) is 0 Å². The van der Waals surface area contributed by atoms with Gasteiger partial charge < -0.3 is 4.57 Å². The van der Waals surface area contributed by atoms with E-state index in [4.69, 9.17) is 0 Å². The number of aliphatic imine (C=N–C) groups is 1. The van der Waals surface area contributed by atoms with Crippen molar-refractivity contribution in [2.24, 2.45) is 4.99 Å². The van der Waals surface area contributed by atoms with Gasteiger partial charge in [-0.2, -0.15) is 0 Å². The summed E-state index contributed by atoms with van der Waals surface area (Å²) in [6.07, 6.45) is 9.76. The zero-order valence-electron chi connectivity index (χ0n) is 8.17. The molecule has 1 aliphatic heterocycles. The first-order valence-electron chi connectivity index (χ1n) is 4.93. The number of hydrogen-bond acceptors (Lipinski definition) is 1. The van der Waals surface area contributed by atoms with E-state index in [2.05, 4.69) is 27.8 Å². The van der Waals surface area contributed by atoms with Gasteiger partial charge >= 0.3 is 0 Å². The van der Waals surface area contributed by atoms with E-state index < -0.39 is 0 Å². The number of nitrogens with zero attached hydrogens (tertiary/aromatic N) is 2. The molecule has 0 amide bonds. The van der Waals surface area contributed by atoms with E-state index in [0.29, 0.717) is 0 Å². The van der Waals surface area contributed by atoms with Crippen molar-refractivity contribution in [3.8, 4) is 0 Å². The van der Waals surface area contributed by atoms with E-state index in [1.54, 1.807) is 0 Å². The van der Waals surface area contributed by atoms with Crippen LogP contribution in [0.4, 0.5) is 5.82 Å². The Morgan fingerprint density at radius 2 is 1.93 bits per heavy atom. The van der Waals surface area contributed by atoms with Crippen LogP contribution in [0.15, 0.2) is 53.6 Å². The smallest absolute Gasteiger partial charge is 0.137 e. The fraction of sp³-hybridized carbons (Fsp3) is 0.